The van der Waals surface area contributed by atoms with Crippen molar-refractivity contribution in [2.75, 3.05) is 0 Å². The normalized spacial score (nSPS) is 21.2. The summed E-state index contributed by atoms with van der Waals surface area (Å²) < 4.78 is 50.6. The van der Waals surface area contributed by atoms with Gasteiger partial charge in [-0.25, -0.2) is 16.8 Å². The van der Waals surface area contributed by atoms with E-state index in [1.165, 1.54) is 31.2 Å². The number of benzene rings is 2. The van der Waals surface area contributed by atoms with Gasteiger partial charge in [-0.2, -0.15) is 0 Å². The van der Waals surface area contributed by atoms with Crippen LogP contribution in [0, 0.1) is 5.92 Å². The molecule has 0 bridgehead atoms. The predicted molar refractivity (Wildman–Crippen MR) is 89.8 cm³/mol. The Morgan fingerprint density at radius 3 is 1.54 bits per heavy atom. The van der Waals surface area contributed by atoms with E-state index in [1.807, 2.05) is 0 Å². The summed E-state index contributed by atoms with van der Waals surface area (Å²) in [6.45, 7) is 1.42. The van der Waals surface area contributed by atoms with Gasteiger partial charge in [0.15, 0.2) is 23.8 Å². The first kappa shape index (κ1) is 17.1. The van der Waals surface area contributed by atoms with E-state index in [0.717, 1.165) is 0 Å². The van der Waals surface area contributed by atoms with Crippen LogP contribution < -0.4 is 0 Å². The standard InChI is InChI=1S/C17H18O5S2/c1-13(18)16-12-17(16,23(19,20)14-8-4-2-5-9-14)24(21,22)15-10-6-3-7-11-15/h2-11,13,16,18H,12H2,1H3/t13-,16-/m0/s1. The molecule has 1 saturated carbocycles. The number of rotatable bonds is 5. The molecule has 0 aromatic heterocycles. The molecule has 1 fully saturated rings. The lowest BCUT2D eigenvalue weighted by Gasteiger charge is -2.20. The van der Waals surface area contributed by atoms with Gasteiger partial charge in [-0.3, -0.25) is 0 Å². The maximum absolute atomic E-state index is 13.2. The molecular weight excluding hydrogens is 348 g/mol. The van der Waals surface area contributed by atoms with E-state index in [2.05, 4.69) is 0 Å². The Morgan fingerprint density at radius 1 is 0.875 bits per heavy atom. The zero-order chi connectivity index (χ0) is 17.6. The third-order valence-electron chi connectivity index (χ3n) is 4.51. The first-order valence-electron chi connectivity index (χ1n) is 7.52. The summed E-state index contributed by atoms with van der Waals surface area (Å²) in [5.41, 5.74) is 0. The average Bonchev–Trinajstić information content (AvgIpc) is 3.35. The van der Waals surface area contributed by atoms with Crippen molar-refractivity contribution in [3.63, 3.8) is 0 Å². The minimum absolute atomic E-state index is 0.0485. The van der Waals surface area contributed by atoms with Gasteiger partial charge in [0.2, 0.25) is 0 Å². The first-order valence-corrected chi connectivity index (χ1v) is 10.5. The molecule has 2 atom stereocenters. The van der Waals surface area contributed by atoms with Crippen molar-refractivity contribution in [2.24, 2.45) is 5.92 Å². The second kappa shape index (κ2) is 5.68. The Bertz CT molecular complexity index is 863. The summed E-state index contributed by atoms with van der Waals surface area (Å²) >= 11 is 0. The molecule has 2 aromatic carbocycles. The fraction of sp³-hybridized carbons (Fsp3) is 0.294. The highest BCUT2D eigenvalue weighted by molar-refractivity contribution is 8.10. The molecule has 24 heavy (non-hydrogen) atoms. The van der Waals surface area contributed by atoms with Gasteiger partial charge >= 0.3 is 0 Å². The summed E-state index contributed by atoms with van der Waals surface area (Å²) in [5.74, 6) is -0.854. The highest BCUT2D eigenvalue weighted by Gasteiger charge is 2.74. The van der Waals surface area contributed by atoms with Crippen LogP contribution in [0.2, 0.25) is 0 Å². The van der Waals surface area contributed by atoms with Gasteiger partial charge in [0.25, 0.3) is 0 Å². The van der Waals surface area contributed by atoms with E-state index >= 15 is 0 Å². The molecule has 0 radical (unpaired) electrons. The van der Waals surface area contributed by atoms with Crippen molar-refractivity contribution >= 4 is 19.7 Å². The topological polar surface area (TPSA) is 88.5 Å². The van der Waals surface area contributed by atoms with Crippen LogP contribution in [0.3, 0.4) is 0 Å². The first-order chi connectivity index (χ1) is 11.2. The maximum Gasteiger partial charge on any atom is 0.199 e. The molecule has 2 aromatic rings. The van der Waals surface area contributed by atoms with Crippen LogP contribution >= 0.6 is 0 Å². The molecule has 0 saturated heterocycles. The Kier molecular flexibility index (Phi) is 4.06. The summed E-state index contributed by atoms with van der Waals surface area (Å²) in [6.07, 6.45) is -1.15. The summed E-state index contributed by atoms with van der Waals surface area (Å²) in [4.78, 5) is -0.0969. The molecule has 7 heteroatoms. The average molecular weight is 366 g/mol. The smallest absolute Gasteiger partial charge is 0.199 e. The monoisotopic (exact) mass is 366 g/mol. The third kappa shape index (κ3) is 2.30. The van der Waals surface area contributed by atoms with E-state index in [4.69, 9.17) is 0 Å². The number of hydrogen-bond acceptors (Lipinski definition) is 5. The van der Waals surface area contributed by atoms with Gasteiger partial charge in [0.05, 0.1) is 15.9 Å². The molecule has 1 N–H and O–H groups in total. The Labute approximate surface area is 141 Å². The van der Waals surface area contributed by atoms with Crippen molar-refractivity contribution in [1.82, 2.24) is 0 Å². The molecule has 0 heterocycles. The van der Waals surface area contributed by atoms with Crippen molar-refractivity contribution < 1.29 is 21.9 Å². The molecular formula is C17H18O5S2. The van der Waals surface area contributed by atoms with E-state index < -0.39 is 35.8 Å². The van der Waals surface area contributed by atoms with Crippen LogP contribution in [0.4, 0.5) is 0 Å². The van der Waals surface area contributed by atoms with E-state index in [1.54, 1.807) is 36.4 Å². The minimum Gasteiger partial charge on any atom is -0.393 e. The zero-order valence-corrected chi connectivity index (χ0v) is 14.7. The van der Waals surface area contributed by atoms with E-state index in [9.17, 15) is 21.9 Å². The molecule has 0 amide bonds. The molecule has 128 valence electrons. The van der Waals surface area contributed by atoms with Gasteiger partial charge in [-0.05, 0) is 37.6 Å². The largest absolute Gasteiger partial charge is 0.393 e. The van der Waals surface area contributed by atoms with Crippen LogP contribution in [-0.4, -0.2) is 32.1 Å². The summed E-state index contributed by atoms with van der Waals surface area (Å²) in [6, 6.07) is 15.1. The molecule has 1 aliphatic rings. The lowest BCUT2D eigenvalue weighted by atomic mass is 10.3. The molecule has 3 rings (SSSR count). The second-order valence-electron chi connectivity index (χ2n) is 6.00. The van der Waals surface area contributed by atoms with Gasteiger partial charge in [0, 0.05) is 5.92 Å². The highest BCUT2D eigenvalue weighted by atomic mass is 32.3. The third-order valence-corrected chi connectivity index (χ3v) is 10.4. The molecule has 0 unspecified atom stereocenters. The molecule has 0 aliphatic heterocycles. The Balaban J connectivity index is 2.22. The zero-order valence-electron chi connectivity index (χ0n) is 13.0. The van der Waals surface area contributed by atoms with Crippen LogP contribution in [0.15, 0.2) is 70.5 Å². The number of aliphatic hydroxyl groups is 1. The number of sulfone groups is 2. The Morgan fingerprint density at radius 2 is 1.25 bits per heavy atom. The number of hydrogen-bond donors (Lipinski definition) is 1. The maximum atomic E-state index is 13.2. The number of aliphatic hydroxyl groups excluding tert-OH is 1. The molecule has 1 aliphatic carbocycles. The predicted octanol–water partition coefficient (Wildman–Crippen LogP) is 2.03. The van der Waals surface area contributed by atoms with Gasteiger partial charge < -0.3 is 5.11 Å². The molecule has 5 nitrogen and oxygen atoms in total. The van der Waals surface area contributed by atoms with Gasteiger partial charge in [-0.15, -0.1) is 0 Å². The van der Waals surface area contributed by atoms with Gasteiger partial charge in [-0.1, -0.05) is 36.4 Å². The fourth-order valence-corrected chi connectivity index (χ4v) is 8.70. The fourth-order valence-electron chi connectivity index (χ4n) is 3.15. The summed E-state index contributed by atoms with van der Waals surface area (Å²) in [5, 5.41) is 9.92. The van der Waals surface area contributed by atoms with Crippen LogP contribution in [0.1, 0.15) is 13.3 Å². The van der Waals surface area contributed by atoms with Crippen molar-refractivity contribution in [1.29, 1.82) is 0 Å². The van der Waals surface area contributed by atoms with Crippen LogP contribution in [-0.2, 0) is 19.7 Å². The van der Waals surface area contributed by atoms with Crippen molar-refractivity contribution in [2.45, 2.75) is 33.3 Å². The second-order valence-corrected chi connectivity index (χ2v) is 10.7. The van der Waals surface area contributed by atoms with Crippen LogP contribution in [0.5, 0.6) is 0 Å². The SMILES string of the molecule is C[C@H](O)[C@@H]1CC1(S(=O)(=O)c1ccccc1)S(=O)(=O)c1ccccc1. The van der Waals surface area contributed by atoms with Crippen molar-refractivity contribution in [3.8, 4) is 0 Å². The van der Waals surface area contributed by atoms with Crippen molar-refractivity contribution in [3.05, 3.63) is 60.7 Å². The molecule has 0 spiro atoms. The van der Waals surface area contributed by atoms with E-state index in [-0.39, 0.29) is 16.2 Å². The quantitative estimate of drug-likeness (QED) is 0.875. The lowest BCUT2D eigenvalue weighted by Crippen LogP contribution is -2.37. The lowest BCUT2D eigenvalue weighted by molar-refractivity contribution is 0.170. The van der Waals surface area contributed by atoms with Gasteiger partial charge in [0.1, 0.15) is 0 Å². The van der Waals surface area contributed by atoms with E-state index in [0.29, 0.717) is 0 Å². The highest BCUT2D eigenvalue weighted by Crippen LogP contribution is 2.59. The van der Waals surface area contributed by atoms with Crippen LogP contribution in [0.25, 0.3) is 0 Å². The minimum atomic E-state index is -4.18. The summed E-state index contributed by atoms with van der Waals surface area (Å²) in [7, 11) is -8.35. The Hall–Kier alpha value is -1.70.